The maximum Gasteiger partial charge on any atom is 0.326 e. The predicted octanol–water partition coefficient (Wildman–Crippen LogP) is 2.57. The second-order valence-electron chi connectivity index (χ2n) is 8.05. The summed E-state index contributed by atoms with van der Waals surface area (Å²) in [5.41, 5.74) is 5.41. The van der Waals surface area contributed by atoms with Crippen LogP contribution >= 0.6 is 0 Å². The van der Waals surface area contributed by atoms with Gasteiger partial charge in [-0.2, -0.15) is 0 Å². The number of carbonyl (C=O) groups is 4. The lowest BCUT2D eigenvalue weighted by Gasteiger charge is -2.14. The van der Waals surface area contributed by atoms with E-state index in [4.69, 9.17) is 15.9 Å². The number of amides is 2. The molecule has 9 heteroatoms. The maximum atomic E-state index is 11.9. The summed E-state index contributed by atoms with van der Waals surface area (Å²) < 4.78 is 0. The molecule has 0 aliphatic carbocycles. The Morgan fingerprint density at radius 2 is 1.13 bits per heavy atom. The van der Waals surface area contributed by atoms with Gasteiger partial charge in [0, 0.05) is 12.8 Å². The molecule has 0 radical (unpaired) electrons. The van der Waals surface area contributed by atoms with Crippen LogP contribution in [0.25, 0.3) is 0 Å². The summed E-state index contributed by atoms with van der Waals surface area (Å²) in [6.45, 7) is 1.97. The molecular formula is C22H41N3O6. The summed E-state index contributed by atoms with van der Waals surface area (Å²) in [6, 6.07) is -1.68. The van der Waals surface area contributed by atoms with Gasteiger partial charge in [-0.3, -0.25) is 14.4 Å². The Morgan fingerprint density at radius 3 is 1.55 bits per heavy atom. The second kappa shape index (κ2) is 18.6. The van der Waals surface area contributed by atoms with Crippen LogP contribution in [0.1, 0.15) is 96.8 Å². The van der Waals surface area contributed by atoms with Gasteiger partial charge in [0.15, 0.2) is 0 Å². The number of unbranched alkanes of at least 4 members (excludes halogenated alkanes) is 9. The molecule has 0 saturated heterocycles. The highest BCUT2D eigenvalue weighted by Gasteiger charge is 2.18. The van der Waals surface area contributed by atoms with Gasteiger partial charge in [0.2, 0.25) is 11.8 Å². The fourth-order valence-corrected chi connectivity index (χ4v) is 3.20. The summed E-state index contributed by atoms with van der Waals surface area (Å²) in [4.78, 5) is 45.3. The van der Waals surface area contributed by atoms with E-state index in [2.05, 4.69) is 10.6 Å². The van der Waals surface area contributed by atoms with Crippen LogP contribution in [0.5, 0.6) is 0 Å². The molecule has 0 fully saturated rings. The van der Waals surface area contributed by atoms with E-state index < -0.39 is 24.0 Å². The molecule has 0 saturated carbocycles. The van der Waals surface area contributed by atoms with Crippen LogP contribution in [0, 0.1) is 0 Å². The van der Waals surface area contributed by atoms with Gasteiger partial charge in [-0.1, -0.05) is 44.9 Å². The summed E-state index contributed by atoms with van der Waals surface area (Å²) in [5.74, 6) is -2.45. The number of hydrogen-bond acceptors (Lipinski definition) is 5. The van der Waals surface area contributed by atoms with Crippen molar-refractivity contribution in [3.05, 3.63) is 0 Å². The molecule has 6 N–H and O–H groups in total. The fourth-order valence-electron chi connectivity index (χ4n) is 3.20. The molecule has 0 spiro atoms. The Labute approximate surface area is 185 Å². The zero-order valence-corrected chi connectivity index (χ0v) is 18.9. The zero-order chi connectivity index (χ0) is 23.5. The smallest absolute Gasteiger partial charge is 0.326 e. The number of carboxylic acids is 2. The Balaban J connectivity index is 3.58. The molecule has 0 aliphatic heterocycles. The van der Waals surface area contributed by atoms with Gasteiger partial charge in [-0.05, 0) is 45.6 Å². The molecule has 0 aliphatic rings. The van der Waals surface area contributed by atoms with E-state index in [1.165, 1.54) is 6.92 Å². The van der Waals surface area contributed by atoms with Crippen LogP contribution < -0.4 is 16.4 Å². The van der Waals surface area contributed by atoms with Crippen LogP contribution in [0.2, 0.25) is 0 Å². The number of nitrogens with one attached hydrogen (secondary N) is 2. The van der Waals surface area contributed by atoms with Crippen molar-refractivity contribution in [1.82, 2.24) is 10.6 Å². The summed E-state index contributed by atoms with van der Waals surface area (Å²) in [6.07, 6.45) is 11.3. The second-order valence-corrected chi connectivity index (χ2v) is 8.05. The molecule has 2 amide bonds. The number of aliphatic carboxylic acids is 2. The quantitative estimate of drug-likeness (QED) is 0.181. The van der Waals surface area contributed by atoms with Crippen LogP contribution in [-0.2, 0) is 19.2 Å². The van der Waals surface area contributed by atoms with E-state index in [1.54, 1.807) is 0 Å². The third kappa shape index (κ3) is 17.2. The number of nitrogens with two attached hydrogens (primary N) is 1. The third-order valence-electron chi connectivity index (χ3n) is 5.14. The highest BCUT2D eigenvalue weighted by molar-refractivity contribution is 5.83. The van der Waals surface area contributed by atoms with E-state index >= 15 is 0 Å². The molecule has 180 valence electrons. The van der Waals surface area contributed by atoms with Crippen LogP contribution in [0.3, 0.4) is 0 Å². The van der Waals surface area contributed by atoms with Gasteiger partial charge < -0.3 is 26.6 Å². The van der Waals surface area contributed by atoms with Gasteiger partial charge in [-0.25, -0.2) is 4.79 Å². The first-order valence-corrected chi connectivity index (χ1v) is 11.5. The minimum absolute atomic E-state index is 0.207. The molecule has 0 aromatic rings. The Bertz CT molecular complexity index is 541. The minimum atomic E-state index is -1.03. The van der Waals surface area contributed by atoms with Gasteiger partial charge in [0.05, 0.1) is 0 Å². The Hall–Kier alpha value is -2.16. The minimum Gasteiger partial charge on any atom is -0.480 e. The van der Waals surface area contributed by atoms with Crippen LogP contribution in [-0.4, -0.2) is 52.6 Å². The largest absolute Gasteiger partial charge is 0.480 e. The molecule has 31 heavy (non-hydrogen) atoms. The van der Waals surface area contributed by atoms with E-state index in [9.17, 15) is 19.2 Å². The molecule has 0 unspecified atom stereocenters. The molecule has 0 heterocycles. The van der Waals surface area contributed by atoms with Crippen molar-refractivity contribution in [3.8, 4) is 0 Å². The molecule has 2 atom stereocenters. The number of rotatable bonds is 20. The van der Waals surface area contributed by atoms with Crippen molar-refractivity contribution < 1.29 is 29.4 Å². The van der Waals surface area contributed by atoms with Crippen molar-refractivity contribution in [2.24, 2.45) is 5.73 Å². The first-order valence-electron chi connectivity index (χ1n) is 11.5. The van der Waals surface area contributed by atoms with E-state index in [0.717, 1.165) is 64.2 Å². The van der Waals surface area contributed by atoms with E-state index in [0.29, 0.717) is 32.2 Å². The Morgan fingerprint density at radius 1 is 0.677 bits per heavy atom. The lowest BCUT2D eigenvalue weighted by molar-refractivity contribution is -0.142. The fraction of sp³-hybridized carbons (Fsp3) is 0.818. The molecule has 0 aromatic carbocycles. The van der Waals surface area contributed by atoms with E-state index in [1.807, 2.05) is 0 Å². The lowest BCUT2D eigenvalue weighted by Crippen LogP contribution is -2.40. The SMILES string of the molecule is C[C@H](NC(=O)CCCCCCCCCCCC(=O)N[C@@H](CCCCN)C(=O)O)C(=O)O. The monoisotopic (exact) mass is 443 g/mol. The van der Waals surface area contributed by atoms with Crippen LogP contribution in [0.15, 0.2) is 0 Å². The van der Waals surface area contributed by atoms with E-state index in [-0.39, 0.29) is 11.8 Å². The number of carbonyl (C=O) groups excluding carboxylic acids is 2. The average Bonchev–Trinajstić information content (AvgIpc) is 2.71. The van der Waals surface area contributed by atoms with Gasteiger partial charge >= 0.3 is 11.9 Å². The van der Waals surface area contributed by atoms with Crippen molar-refractivity contribution >= 4 is 23.8 Å². The first kappa shape index (κ1) is 28.8. The van der Waals surface area contributed by atoms with Crippen molar-refractivity contribution in [3.63, 3.8) is 0 Å². The number of carboxylic acid groups (broad SMARTS) is 2. The molecular weight excluding hydrogens is 402 g/mol. The number of hydrogen-bond donors (Lipinski definition) is 5. The average molecular weight is 444 g/mol. The third-order valence-corrected chi connectivity index (χ3v) is 5.14. The maximum absolute atomic E-state index is 11.9. The normalized spacial score (nSPS) is 12.7. The molecule has 0 rings (SSSR count). The van der Waals surface area contributed by atoms with Gasteiger partial charge in [-0.15, -0.1) is 0 Å². The van der Waals surface area contributed by atoms with Gasteiger partial charge in [0.1, 0.15) is 12.1 Å². The first-order chi connectivity index (χ1) is 14.8. The summed E-state index contributed by atoms with van der Waals surface area (Å²) in [7, 11) is 0. The van der Waals surface area contributed by atoms with Gasteiger partial charge in [0.25, 0.3) is 0 Å². The standard InChI is InChI=1S/C22H41N3O6/c1-17(21(28)29)24-19(26)14-9-7-5-3-2-4-6-8-10-15-20(27)25-18(22(30)31)13-11-12-16-23/h17-18H,2-16,23H2,1H3,(H,24,26)(H,25,27)(H,28,29)(H,30,31)/t17-,18-/m0/s1. The van der Waals surface area contributed by atoms with Crippen molar-refractivity contribution in [2.45, 2.75) is 109 Å². The zero-order valence-electron chi connectivity index (χ0n) is 18.9. The lowest BCUT2D eigenvalue weighted by atomic mass is 10.0. The van der Waals surface area contributed by atoms with Crippen LogP contribution in [0.4, 0.5) is 0 Å². The van der Waals surface area contributed by atoms with Crippen molar-refractivity contribution in [2.75, 3.05) is 6.54 Å². The summed E-state index contributed by atoms with van der Waals surface area (Å²) in [5, 5.41) is 22.9. The topological polar surface area (TPSA) is 159 Å². The predicted molar refractivity (Wildman–Crippen MR) is 118 cm³/mol. The highest BCUT2D eigenvalue weighted by Crippen LogP contribution is 2.12. The summed E-state index contributed by atoms with van der Waals surface area (Å²) >= 11 is 0. The molecule has 0 bridgehead atoms. The van der Waals surface area contributed by atoms with Crippen molar-refractivity contribution in [1.29, 1.82) is 0 Å². The Kier molecular flexibility index (Phi) is 17.3. The highest BCUT2D eigenvalue weighted by atomic mass is 16.4. The molecule has 9 nitrogen and oxygen atoms in total. The molecule has 0 aromatic heterocycles.